The first kappa shape index (κ1) is 26.7. The Balaban J connectivity index is 1.59. The third kappa shape index (κ3) is 4.14. The van der Waals surface area contributed by atoms with Crippen molar-refractivity contribution in [2.75, 3.05) is 0 Å². The lowest BCUT2D eigenvalue weighted by Crippen LogP contribution is -2.62. The Morgan fingerprint density at radius 1 is 1.00 bits per heavy atom. The SMILES string of the molecule is CC[C@H]1[C@@H](O)[C@@H]2[C@H](CC[C@]3(C)[C@@H](CC(=O)O)CC[C@@H]23)[C@@]2(C)CCC(O[Si](C)(C)C(C)(C)C)C[C@@H]12. The highest BCUT2D eigenvalue weighted by Gasteiger charge is 2.64. The van der Waals surface area contributed by atoms with Gasteiger partial charge in [-0.3, -0.25) is 4.79 Å². The van der Waals surface area contributed by atoms with Crippen LogP contribution in [0.1, 0.15) is 99.3 Å². The van der Waals surface area contributed by atoms with Gasteiger partial charge in [-0.1, -0.05) is 48.0 Å². The fraction of sp³-hybridized carbons (Fsp3) is 0.966. The van der Waals surface area contributed by atoms with Crippen molar-refractivity contribution in [2.45, 2.75) is 130 Å². The predicted molar refractivity (Wildman–Crippen MR) is 140 cm³/mol. The number of aliphatic carboxylic acids is 1. The number of hydrogen-bond acceptors (Lipinski definition) is 3. The van der Waals surface area contributed by atoms with Gasteiger partial charge in [-0.15, -0.1) is 0 Å². The normalized spacial score (nSPS) is 47.0. The van der Waals surface area contributed by atoms with Crippen LogP contribution in [0.3, 0.4) is 0 Å². The number of rotatable bonds is 5. The number of fused-ring (bicyclic) bond motifs is 5. The van der Waals surface area contributed by atoms with Crippen molar-refractivity contribution in [1.29, 1.82) is 0 Å². The number of aliphatic hydroxyl groups excluding tert-OH is 1. The lowest BCUT2D eigenvalue weighted by atomic mass is 9.41. The van der Waals surface area contributed by atoms with Gasteiger partial charge in [-0.25, -0.2) is 0 Å². The van der Waals surface area contributed by atoms with E-state index in [1.54, 1.807) is 0 Å². The molecule has 5 heteroatoms. The first-order chi connectivity index (χ1) is 15.7. The first-order valence-electron chi connectivity index (χ1n) is 14.2. The predicted octanol–water partition coefficient (Wildman–Crippen LogP) is 7.12. The van der Waals surface area contributed by atoms with Gasteiger partial charge in [0.25, 0.3) is 0 Å². The molecule has 196 valence electrons. The third-order valence-corrected chi connectivity index (χ3v) is 16.8. The molecule has 0 aromatic carbocycles. The minimum Gasteiger partial charge on any atom is -0.481 e. The Labute approximate surface area is 209 Å². The molecule has 0 aromatic heterocycles. The van der Waals surface area contributed by atoms with E-state index in [9.17, 15) is 15.0 Å². The van der Waals surface area contributed by atoms with E-state index in [1.165, 1.54) is 6.42 Å². The molecule has 2 N–H and O–H groups in total. The van der Waals surface area contributed by atoms with Crippen LogP contribution in [0.2, 0.25) is 18.1 Å². The molecule has 0 aliphatic heterocycles. The minimum atomic E-state index is -1.82. The van der Waals surface area contributed by atoms with Crippen LogP contribution in [0.4, 0.5) is 0 Å². The van der Waals surface area contributed by atoms with E-state index in [2.05, 4.69) is 54.6 Å². The summed E-state index contributed by atoms with van der Waals surface area (Å²) < 4.78 is 6.94. The molecule has 1 unspecified atom stereocenters. The molecule has 4 saturated carbocycles. The summed E-state index contributed by atoms with van der Waals surface area (Å²) in [6.07, 6.45) is 9.26. The second-order valence-electron chi connectivity index (χ2n) is 14.7. The van der Waals surface area contributed by atoms with Crippen molar-refractivity contribution in [2.24, 2.45) is 46.3 Å². The number of carbonyl (C=O) groups is 1. The number of hydrogen-bond donors (Lipinski definition) is 2. The molecular weight excluding hydrogens is 440 g/mol. The molecule has 0 aromatic rings. The maximum Gasteiger partial charge on any atom is 0.303 e. The monoisotopic (exact) mass is 492 g/mol. The van der Waals surface area contributed by atoms with Crippen LogP contribution in [-0.4, -0.2) is 36.7 Å². The highest BCUT2D eigenvalue weighted by atomic mass is 28.4. The molecule has 4 aliphatic rings. The maximum atomic E-state index is 11.9. The molecule has 0 spiro atoms. The Morgan fingerprint density at radius 3 is 2.21 bits per heavy atom. The van der Waals surface area contributed by atoms with Gasteiger partial charge in [0.05, 0.1) is 6.10 Å². The van der Waals surface area contributed by atoms with Crippen molar-refractivity contribution in [3.8, 4) is 0 Å². The molecular formula is C29H52O4Si. The minimum absolute atomic E-state index is 0.0741. The Morgan fingerprint density at radius 2 is 1.62 bits per heavy atom. The topological polar surface area (TPSA) is 66.8 Å². The molecule has 34 heavy (non-hydrogen) atoms. The van der Waals surface area contributed by atoms with Gasteiger partial charge >= 0.3 is 5.97 Å². The molecule has 0 saturated heterocycles. The van der Waals surface area contributed by atoms with Gasteiger partial charge in [0.15, 0.2) is 8.32 Å². The molecule has 0 bridgehead atoms. The Bertz CT molecular complexity index is 775. The zero-order valence-electron chi connectivity index (χ0n) is 23.2. The van der Waals surface area contributed by atoms with Crippen LogP contribution >= 0.6 is 0 Å². The maximum absolute atomic E-state index is 11.9. The molecule has 4 rings (SSSR count). The van der Waals surface area contributed by atoms with Crippen LogP contribution in [0.5, 0.6) is 0 Å². The second kappa shape index (κ2) is 8.87. The number of carboxylic acids is 1. The van der Waals surface area contributed by atoms with Crippen LogP contribution in [0.25, 0.3) is 0 Å². The standard InChI is InChI=1S/C29H52O4Si/c1-9-20-23-17-19(33-34(7,8)27(2,3)4)12-14-29(23,6)22-13-15-28(5)18(16-24(30)31)10-11-21(28)25(22)26(20)32/h18-23,25-26,32H,9-17H2,1-8H3,(H,30,31)/t18-,19?,20-,21+,22+,23+,25+,26-,28-,29-/m1/s1. The molecule has 10 atom stereocenters. The van der Waals surface area contributed by atoms with Crippen molar-refractivity contribution in [3.05, 3.63) is 0 Å². The zero-order chi connectivity index (χ0) is 25.3. The van der Waals surface area contributed by atoms with Gasteiger partial charge in [-0.05, 0) is 109 Å². The zero-order valence-corrected chi connectivity index (χ0v) is 24.2. The summed E-state index contributed by atoms with van der Waals surface area (Å²) in [7, 11) is -1.82. The summed E-state index contributed by atoms with van der Waals surface area (Å²) >= 11 is 0. The lowest BCUT2D eigenvalue weighted by Gasteiger charge is -2.65. The highest BCUT2D eigenvalue weighted by Crippen LogP contribution is 2.69. The number of aliphatic hydroxyl groups is 1. The van der Waals surface area contributed by atoms with Crippen LogP contribution in [0.15, 0.2) is 0 Å². The van der Waals surface area contributed by atoms with Crippen molar-refractivity contribution >= 4 is 14.3 Å². The molecule has 0 amide bonds. The van der Waals surface area contributed by atoms with E-state index in [0.717, 1.165) is 44.9 Å². The van der Waals surface area contributed by atoms with Gasteiger partial charge < -0.3 is 14.6 Å². The summed E-state index contributed by atoms with van der Waals surface area (Å²) in [5.74, 6) is 1.83. The fourth-order valence-electron chi connectivity index (χ4n) is 9.30. The van der Waals surface area contributed by atoms with Crippen molar-refractivity contribution in [1.82, 2.24) is 0 Å². The average Bonchev–Trinajstić information content (AvgIpc) is 3.04. The average molecular weight is 493 g/mol. The molecule has 4 aliphatic carbocycles. The molecule has 4 fully saturated rings. The summed E-state index contributed by atoms with van der Waals surface area (Å²) in [6.45, 7) is 18.9. The van der Waals surface area contributed by atoms with Crippen LogP contribution < -0.4 is 0 Å². The van der Waals surface area contributed by atoms with Crippen LogP contribution in [-0.2, 0) is 9.22 Å². The third-order valence-electron chi connectivity index (χ3n) is 12.3. The van der Waals surface area contributed by atoms with Gasteiger partial charge in [-0.2, -0.15) is 0 Å². The Kier molecular flexibility index (Phi) is 6.95. The van der Waals surface area contributed by atoms with Crippen LogP contribution in [0, 0.1) is 46.3 Å². The van der Waals surface area contributed by atoms with E-state index in [1.807, 2.05) is 0 Å². The molecule has 0 radical (unpaired) electrons. The second-order valence-corrected chi connectivity index (χ2v) is 19.4. The largest absolute Gasteiger partial charge is 0.481 e. The van der Waals surface area contributed by atoms with E-state index >= 15 is 0 Å². The van der Waals surface area contributed by atoms with E-state index in [-0.39, 0.29) is 27.9 Å². The van der Waals surface area contributed by atoms with Gasteiger partial charge in [0, 0.05) is 12.5 Å². The fourth-order valence-corrected chi connectivity index (χ4v) is 10.7. The van der Waals surface area contributed by atoms with E-state index < -0.39 is 14.3 Å². The quantitative estimate of drug-likeness (QED) is 0.401. The first-order valence-corrected chi connectivity index (χ1v) is 17.1. The van der Waals surface area contributed by atoms with E-state index in [0.29, 0.717) is 42.1 Å². The molecule has 4 nitrogen and oxygen atoms in total. The van der Waals surface area contributed by atoms with Crippen molar-refractivity contribution < 1.29 is 19.4 Å². The van der Waals surface area contributed by atoms with Gasteiger partial charge in [0.2, 0.25) is 0 Å². The number of carboxylic acid groups (broad SMARTS) is 1. The lowest BCUT2D eigenvalue weighted by molar-refractivity contribution is -0.201. The summed E-state index contributed by atoms with van der Waals surface area (Å²) in [4.78, 5) is 11.6. The smallest absolute Gasteiger partial charge is 0.303 e. The summed E-state index contributed by atoms with van der Waals surface area (Å²) in [6, 6.07) is 0. The van der Waals surface area contributed by atoms with Crippen molar-refractivity contribution in [3.63, 3.8) is 0 Å². The highest BCUT2D eigenvalue weighted by molar-refractivity contribution is 6.74. The van der Waals surface area contributed by atoms with Gasteiger partial charge in [0.1, 0.15) is 0 Å². The summed E-state index contributed by atoms with van der Waals surface area (Å²) in [5.41, 5.74) is 0.342. The van der Waals surface area contributed by atoms with E-state index in [4.69, 9.17) is 4.43 Å². The summed E-state index contributed by atoms with van der Waals surface area (Å²) in [5, 5.41) is 21.7. The molecule has 0 heterocycles. The Hall–Kier alpha value is -0.393.